The van der Waals surface area contributed by atoms with Crippen LogP contribution in [0.2, 0.25) is 0 Å². The lowest BCUT2D eigenvalue weighted by molar-refractivity contribution is -0.313. The maximum absolute atomic E-state index is 12.6. The number of aliphatic hydroxyl groups is 1. The third-order valence-electron chi connectivity index (χ3n) is 7.01. The van der Waals surface area contributed by atoms with E-state index in [1.165, 1.54) is 0 Å². The Labute approximate surface area is 260 Å². The Kier molecular flexibility index (Phi) is 8.28. The number of carbonyl (C=O) groups is 1. The minimum atomic E-state index is -1.22. The summed E-state index contributed by atoms with van der Waals surface area (Å²) in [5.74, 6) is 0.885. The van der Waals surface area contributed by atoms with Gasteiger partial charge in [-0.25, -0.2) is 24.9 Å². The van der Waals surface area contributed by atoms with E-state index < -0.39 is 48.4 Å². The molecule has 12 nitrogen and oxygen atoms in total. The molecule has 4 aromatic rings. The second-order valence-corrected chi connectivity index (χ2v) is 13.6. The smallest absolute Gasteiger partial charge is 0.422 e. The van der Waals surface area contributed by atoms with Crippen molar-refractivity contribution in [2.24, 2.45) is 0 Å². The highest BCUT2D eigenvalue weighted by atomic mass is 79.9. The zero-order chi connectivity index (χ0) is 30.5. The van der Waals surface area contributed by atoms with Crippen LogP contribution in [0.5, 0.6) is 0 Å². The fraction of sp³-hybridized carbons (Fsp3) is 0.448. The normalized spacial score (nSPS) is 25.8. The van der Waals surface area contributed by atoms with Crippen molar-refractivity contribution < 1.29 is 28.8 Å². The Morgan fingerprint density at radius 1 is 1.16 bits per heavy atom. The monoisotopic (exact) mass is 672 g/mol. The standard InChI is InChI=1S/C29H33BrN6O6S/c1-14-31-26(36(35-14)19-12-21-18(11-17(19)30)32-15(2)43-21)25-23(37)22(33-34-28(38)42-29(3,4)5)24-20(40-25)13-39-27(41-24)16-9-7-6-8-10-16/h6-12,20,22-25,27,33,37H,13H2,1-5H3,(H,34,38)/t20-,22-,23-,24+,25-,27?/m1/s1. The van der Waals surface area contributed by atoms with Crippen LogP contribution in [0.4, 0.5) is 4.79 Å². The van der Waals surface area contributed by atoms with Gasteiger partial charge in [-0.3, -0.25) is 5.43 Å². The number of thiazole rings is 1. The first-order valence-corrected chi connectivity index (χ1v) is 15.5. The molecule has 43 heavy (non-hydrogen) atoms. The Hall–Kier alpha value is -2.98. The van der Waals surface area contributed by atoms with Gasteiger partial charge in [-0.05, 0) is 62.7 Å². The summed E-state index contributed by atoms with van der Waals surface area (Å²) in [6.07, 6.45) is -4.85. The van der Waals surface area contributed by atoms with Gasteiger partial charge in [0, 0.05) is 10.0 Å². The van der Waals surface area contributed by atoms with Crippen LogP contribution in [0.25, 0.3) is 15.9 Å². The molecule has 3 N–H and O–H groups in total. The number of aryl methyl sites for hydroxylation is 2. The molecule has 4 heterocycles. The van der Waals surface area contributed by atoms with Crippen molar-refractivity contribution in [3.8, 4) is 5.69 Å². The third-order valence-corrected chi connectivity index (χ3v) is 8.58. The van der Waals surface area contributed by atoms with Crippen molar-refractivity contribution in [1.29, 1.82) is 0 Å². The summed E-state index contributed by atoms with van der Waals surface area (Å²) in [5.41, 5.74) is 7.25. The van der Waals surface area contributed by atoms with E-state index in [-0.39, 0.29) is 6.61 Å². The summed E-state index contributed by atoms with van der Waals surface area (Å²) < 4.78 is 27.7. The van der Waals surface area contributed by atoms with Crippen LogP contribution in [0.1, 0.15) is 55.4 Å². The van der Waals surface area contributed by atoms with Gasteiger partial charge in [0.1, 0.15) is 35.8 Å². The van der Waals surface area contributed by atoms with Crippen LogP contribution in [-0.2, 0) is 18.9 Å². The number of hydrogen-bond donors (Lipinski definition) is 3. The highest BCUT2D eigenvalue weighted by Gasteiger charge is 2.51. The molecule has 2 aromatic heterocycles. The molecule has 2 aromatic carbocycles. The van der Waals surface area contributed by atoms with Gasteiger partial charge < -0.3 is 24.1 Å². The number of halogens is 1. The Morgan fingerprint density at radius 3 is 2.67 bits per heavy atom. The molecule has 6 atom stereocenters. The molecule has 2 aliphatic rings. The number of hydrogen-bond acceptors (Lipinski definition) is 11. The van der Waals surface area contributed by atoms with Gasteiger partial charge in [0.2, 0.25) is 0 Å². The Balaban J connectivity index is 1.34. The van der Waals surface area contributed by atoms with Crippen molar-refractivity contribution in [3.05, 3.63) is 69.2 Å². The second kappa shape index (κ2) is 11.8. The fourth-order valence-corrected chi connectivity index (χ4v) is 6.59. The van der Waals surface area contributed by atoms with Gasteiger partial charge in [0.25, 0.3) is 0 Å². The highest BCUT2D eigenvalue weighted by molar-refractivity contribution is 9.10. The van der Waals surface area contributed by atoms with Gasteiger partial charge in [-0.15, -0.1) is 11.3 Å². The number of amides is 1. The summed E-state index contributed by atoms with van der Waals surface area (Å²) in [5, 5.41) is 17.5. The largest absolute Gasteiger partial charge is 0.443 e. The quantitative estimate of drug-likeness (QED) is 0.258. The van der Waals surface area contributed by atoms with E-state index in [1.54, 1.807) is 43.7 Å². The average Bonchev–Trinajstić information content (AvgIpc) is 3.51. The maximum Gasteiger partial charge on any atom is 0.422 e. The number of benzene rings is 2. The molecule has 0 aliphatic carbocycles. The molecule has 0 radical (unpaired) electrons. The summed E-state index contributed by atoms with van der Waals surface area (Å²) in [6, 6.07) is 12.6. The predicted octanol–water partition coefficient (Wildman–Crippen LogP) is 4.57. The van der Waals surface area contributed by atoms with Crippen LogP contribution >= 0.6 is 27.3 Å². The number of rotatable bonds is 5. The van der Waals surface area contributed by atoms with Crippen molar-refractivity contribution in [1.82, 2.24) is 30.6 Å². The molecule has 0 bridgehead atoms. The maximum atomic E-state index is 12.6. The molecular weight excluding hydrogens is 640 g/mol. The van der Waals surface area contributed by atoms with Crippen LogP contribution in [0.15, 0.2) is 46.9 Å². The molecular formula is C29H33BrN6O6S. The van der Waals surface area contributed by atoms with E-state index in [2.05, 4.69) is 41.8 Å². The van der Waals surface area contributed by atoms with Gasteiger partial charge >= 0.3 is 6.09 Å². The molecule has 0 saturated carbocycles. The van der Waals surface area contributed by atoms with Gasteiger partial charge in [0.05, 0.1) is 33.6 Å². The van der Waals surface area contributed by atoms with Crippen molar-refractivity contribution in [3.63, 3.8) is 0 Å². The molecule has 2 saturated heterocycles. The van der Waals surface area contributed by atoms with Crippen molar-refractivity contribution >= 4 is 43.6 Å². The first-order valence-electron chi connectivity index (χ1n) is 13.9. The molecule has 2 aliphatic heterocycles. The number of nitrogens with zero attached hydrogens (tertiary/aromatic N) is 4. The molecule has 1 unspecified atom stereocenters. The van der Waals surface area contributed by atoms with E-state index >= 15 is 0 Å². The first kappa shape index (κ1) is 30.1. The topological polar surface area (TPSA) is 142 Å². The van der Waals surface area contributed by atoms with Gasteiger partial charge in [-0.1, -0.05) is 30.3 Å². The SMILES string of the molecule is Cc1nc([C@@H]2O[C@@H]3COC(c4ccccc4)O[C@@H]3[C@H](NNC(=O)OC(C)(C)C)[C@H]2O)n(-c2cc3sc(C)nc3cc2Br)n1. The average molecular weight is 674 g/mol. The highest BCUT2D eigenvalue weighted by Crippen LogP contribution is 2.40. The van der Waals surface area contributed by atoms with Crippen LogP contribution < -0.4 is 10.9 Å². The fourth-order valence-electron chi connectivity index (χ4n) is 5.25. The summed E-state index contributed by atoms with van der Waals surface area (Å²) in [6.45, 7) is 9.23. The predicted molar refractivity (Wildman–Crippen MR) is 162 cm³/mol. The third kappa shape index (κ3) is 6.32. The van der Waals surface area contributed by atoms with E-state index in [1.807, 2.05) is 49.4 Å². The minimum absolute atomic E-state index is 0.182. The number of hydrazine groups is 1. The van der Waals surface area contributed by atoms with Crippen LogP contribution in [0, 0.1) is 13.8 Å². The zero-order valence-electron chi connectivity index (χ0n) is 24.3. The summed E-state index contributed by atoms with van der Waals surface area (Å²) in [7, 11) is 0. The number of fused-ring (bicyclic) bond motifs is 2. The van der Waals surface area contributed by atoms with Gasteiger partial charge in [0.15, 0.2) is 12.1 Å². The molecule has 1 amide bonds. The Bertz CT molecular complexity index is 1620. The number of carbonyl (C=O) groups excluding carboxylic acids is 1. The molecule has 0 spiro atoms. The molecule has 14 heteroatoms. The van der Waals surface area contributed by atoms with Crippen LogP contribution in [-0.4, -0.2) is 67.5 Å². The number of nitrogens with one attached hydrogen (secondary N) is 2. The molecule has 2 fully saturated rings. The first-order chi connectivity index (χ1) is 20.5. The van der Waals surface area contributed by atoms with Gasteiger partial charge in [-0.2, -0.15) is 5.10 Å². The second-order valence-electron chi connectivity index (χ2n) is 11.5. The van der Waals surface area contributed by atoms with Crippen molar-refractivity contribution in [2.75, 3.05) is 6.61 Å². The van der Waals surface area contributed by atoms with E-state index in [0.29, 0.717) is 11.6 Å². The minimum Gasteiger partial charge on any atom is -0.443 e. The lowest BCUT2D eigenvalue weighted by atomic mass is 9.91. The number of aliphatic hydroxyl groups excluding tert-OH is 1. The number of ether oxygens (including phenoxy) is 4. The van der Waals surface area contributed by atoms with Crippen molar-refractivity contribution in [2.45, 2.75) is 77.0 Å². The Morgan fingerprint density at radius 2 is 1.93 bits per heavy atom. The lowest BCUT2D eigenvalue weighted by Crippen LogP contribution is -2.66. The van der Waals surface area contributed by atoms with E-state index in [0.717, 1.165) is 30.9 Å². The lowest BCUT2D eigenvalue weighted by Gasteiger charge is -2.48. The zero-order valence-corrected chi connectivity index (χ0v) is 26.7. The molecule has 228 valence electrons. The summed E-state index contributed by atoms with van der Waals surface area (Å²) >= 11 is 5.24. The van der Waals surface area contributed by atoms with E-state index in [9.17, 15) is 9.90 Å². The van der Waals surface area contributed by atoms with Crippen LogP contribution in [0.3, 0.4) is 0 Å². The summed E-state index contributed by atoms with van der Waals surface area (Å²) in [4.78, 5) is 21.8. The molecule has 6 rings (SSSR count). The number of aromatic nitrogens is 4. The van der Waals surface area contributed by atoms with E-state index in [4.69, 9.17) is 18.9 Å².